The quantitative estimate of drug-likeness (QED) is 0.461. The number of anilines is 1. The first-order valence-electron chi connectivity index (χ1n) is 9.54. The molecule has 3 rings (SSSR count). The molecule has 0 aromatic heterocycles. The Labute approximate surface area is 181 Å². The molecule has 0 spiro atoms. The SMILES string of the molecule is Cc1ccc(C)c(Sc2ccc(NC(=O)CN[C@H](C)c3cccc(Cl)c3)cc2)c1. The summed E-state index contributed by atoms with van der Waals surface area (Å²) in [4.78, 5) is 14.7. The average Bonchev–Trinajstić information content (AvgIpc) is 2.70. The van der Waals surface area contributed by atoms with Crippen LogP contribution in [0.15, 0.2) is 76.5 Å². The Morgan fingerprint density at radius 1 is 1.03 bits per heavy atom. The van der Waals surface area contributed by atoms with Gasteiger partial charge in [0.05, 0.1) is 6.54 Å². The van der Waals surface area contributed by atoms with Crippen LogP contribution in [0.2, 0.25) is 5.02 Å². The van der Waals surface area contributed by atoms with Crippen molar-refractivity contribution in [1.82, 2.24) is 5.32 Å². The molecule has 2 N–H and O–H groups in total. The first-order chi connectivity index (χ1) is 13.9. The highest BCUT2D eigenvalue weighted by Gasteiger charge is 2.09. The zero-order valence-corrected chi connectivity index (χ0v) is 18.4. The van der Waals surface area contributed by atoms with Gasteiger partial charge in [0, 0.05) is 26.5 Å². The minimum atomic E-state index is -0.0752. The van der Waals surface area contributed by atoms with Gasteiger partial charge in [-0.2, -0.15) is 0 Å². The first-order valence-corrected chi connectivity index (χ1v) is 10.7. The molecule has 0 saturated carbocycles. The molecule has 0 aliphatic heterocycles. The van der Waals surface area contributed by atoms with Crippen LogP contribution in [0.1, 0.15) is 29.7 Å². The van der Waals surface area contributed by atoms with E-state index >= 15 is 0 Å². The van der Waals surface area contributed by atoms with Crippen LogP contribution in [0, 0.1) is 13.8 Å². The van der Waals surface area contributed by atoms with E-state index in [2.05, 4.69) is 42.7 Å². The Hall–Kier alpha value is -2.27. The van der Waals surface area contributed by atoms with Gasteiger partial charge in [-0.05, 0) is 79.9 Å². The second-order valence-corrected chi connectivity index (χ2v) is 8.65. The van der Waals surface area contributed by atoms with Crippen molar-refractivity contribution in [2.45, 2.75) is 36.6 Å². The van der Waals surface area contributed by atoms with Gasteiger partial charge in [-0.15, -0.1) is 0 Å². The lowest BCUT2D eigenvalue weighted by molar-refractivity contribution is -0.115. The minimum absolute atomic E-state index is 0.0378. The van der Waals surface area contributed by atoms with E-state index in [1.165, 1.54) is 16.0 Å². The Kier molecular flexibility index (Phi) is 7.37. The molecular weight excluding hydrogens is 400 g/mol. The number of aryl methyl sites for hydroxylation is 2. The molecule has 0 bridgehead atoms. The van der Waals surface area contributed by atoms with Crippen molar-refractivity contribution in [3.63, 3.8) is 0 Å². The van der Waals surface area contributed by atoms with E-state index in [9.17, 15) is 4.79 Å². The van der Waals surface area contributed by atoms with Crippen molar-refractivity contribution >= 4 is 35.0 Å². The van der Waals surface area contributed by atoms with Crippen molar-refractivity contribution in [2.24, 2.45) is 0 Å². The van der Waals surface area contributed by atoms with Crippen LogP contribution in [0.5, 0.6) is 0 Å². The van der Waals surface area contributed by atoms with Crippen molar-refractivity contribution in [3.05, 3.63) is 88.4 Å². The Morgan fingerprint density at radius 2 is 1.79 bits per heavy atom. The van der Waals surface area contributed by atoms with Crippen LogP contribution in [-0.4, -0.2) is 12.5 Å². The minimum Gasteiger partial charge on any atom is -0.325 e. The summed E-state index contributed by atoms with van der Waals surface area (Å²) >= 11 is 7.76. The Bertz CT molecular complexity index is 988. The smallest absolute Gasteiger partial charge is 0.238 e. The summed E-state index contributed by atoms with van der Waals surface area (Å²) in [6.45, 7) is 6.46. The maximum atomic E-state index is 12.3. The summed E-state index contributed by atoms with van der Waals surface area (Å²) in [7, 11) is 0. The third kappa shape index (κ3) is 6.36. The second-order valence-electron chi connectivity index (χ2n) is 7.10. The molecule has 1 atom stereocenters. The molecular formula is C24H25ClN2OS. The Balaban J connectivity index is 1.52. The summed E-state index contributed by atoms with van der Waals surface area (Å²) in [5.74, 6) is -0.0752. The summed E-state index contributed by atoms with van der Waals surface area (Å²) < 4.78 is 0. The van der Waals surface area contributed by atoms with E-state index in [4.69, 9.17) is 11.6 Å². The van der Waals surface area contributed by atoms with Gasteiger partial charge in [0.2, 0.25) is 5.91 Å². The second kappa shape index (κ2) is 9.97. The molecule has 3 nitrogen and oxygen atoms in total. The zero-order chi connectivity index (χ0) is 20.8. The number of rotatable bonds is 7. The van der Waals surface area contributed by atoms with Crippen molar-refractivity contribution in [3.8, 4) is 0 Å². The maximum absolute atomic E-state index is 12.3. The highest BCUT2D eigenvalue weighted by molar-refractivity contribution is 7.99. The number of amides is 1. The maximum Gasteiger partial charge on any atom is 0.238 e. The van der Waals surface area contributed by atoms with Crippen LogP contribution in [0.4, 0.5) is 5.69 Å². The topological polar surface area (TPSA) is 41.1 Å². The van der Waals surface area contributed by atoms with E-state index in [-0.39, 0.29) is 18.5 Å². The predicted octanol–water partition coefficient (Wildman–Crippen LogP) is 6.40. The van der Waals surface area contributed by atoms with Crippen LogP contribution in [-0.2, 0) is 4.79 Å². The third-order valence-electron chi connectivity index (χ3n) is 4.63. The number of halogens is 1. The standard InChI is InChI=1S/C24H25ClN2OS/c1-16-7-8-17(2)23(13-16)29-22-11-9-21(10-12-22)27-24(28)15-26-18(3)19-5-4-6-20(25)14-19/h4-14,18,26H,15H2,1-3H3,(H,27,28)/t18-/m1/s1. The molecule has 0 fully saturated rings. The molecule has 0 radical (unpaired) electrons. The van der Waals surface area contributed by atoms with E-state index < -0.39 is 0 Å². The van der Waals surface area contributed by atoms with E-state index in [1.807, 2.05) is 55.5 Å². The van der Waals surface area contributed by atoms with Crippen molar-refractivity contribution in [1.29, 1.82) is 0 Å². The lowest BCUT2D eigenvalue weighted by atomic mass is 10.1. The average molecular weight is 425 g/mol. The van der Waals surface area contributed by atoms with Gasteiger partial charge in [0.25, 0.3) is 0 Å². The van der Waals surface area contributed by atoms with Crippen LogP contribution in [0.3, 0.4) is 0 Å². The lowest BCUT2D eigenvalue weighted by Crippen LogP contribution is -2.30. The molecule has 0 saturated heterocycles. The van der Waals surface area contributed by atoms with Gasteiger partial charge in [-0.1, -0.05) is 47.6 Å². The van der Waals surface area contributed by atoms with Crippen molar-refractivity contribution < 1.29 is 4.79 Å². The molecule has 1 amide bonds. The van der Waals surface area contributed by atoms with Gasteiger partial charge < -0.3 is 10.6 Å². The van der Waals surface area contributed by atoms with Crippen LogP contribution in [0.25, 0.3) is 0 Å². The first kappa shape index (κ1) is 21.4. The van der Waals surface area contributed by atoms with Gasteiger partial charge in [-0.3, -0.25) is 4.79 Å². The van der Waals surface area contributed by atoms with Crippen molar-refractivity contribution in [2.75, 3.05) is 11.9 Å². The zero-order valence-electron chi connectivity index (χ0n) is 16.8. The molecule has 0 aliphatic carbocycles. The number of carbonyl (C=O) groups excluding carboxylic acids is 1. The fourth-order valence-corrected chi connectivity index (χ4v) is 4.09. The monoisotopic (exact) mass is 424 g/mol. The molecule has 0 unspecified atom stereocenters. The summed E-state index contributed by atoms with van der Waals surface area (Å²) in [5.41, 5.74) is 4.36. The molecule has 29 heavy (non-hydrogen) atoms. The fourth-order valence-electron chi connectivity index (χ4n) is 2.90. The molecule has 0 heterocycles. The molecule has 0 aliphatic rings. The summed E-state index contributed by atoms with van der Waals surface area (Å²) in [6.07, 6.45) is 0. The third-order valence-corrected chi connectivity index (χ3v) is 6.03. The summed E-state index contributed by atoms with van der Waals surface area (Å²) in [6, 6.07) is 22.1. The molecule has 3 aromatic rings. The molecule has 150 valence electrons. The Morgan fingerprint density at radius 3 is 2.52 bits per heavy atom. The normalized spacial score (nSPS) is 11.9. The predicted molar refractivity (Wildman–Crippen MR) is 123 cm³/mol. The molecule has 3 aromatic carbocycles. The molecule has 5 heteroatoms. The largest absolute Gasteiger partial charge is 0.325 e. The van der Waals surface area contributed by atoms with Gasteiger partial charge in [0.1, 0.15) is 0 Å². The highest BCUT2D eigenvalue weighted by Crippen LogP contribution is 2.31. The number of hydrogen-bond acceptors (Lipinski definition) is 3. The number of hydrogen-bond donors (Lipinski definition) is 2. The number of nitrogens with one attached hydrogen (secondary N) is 2. The van der Waals surface area contributed by atoms with Crippen LogP contribution < -0.4 is 10.6 Å². The van der Waals surface area contributed by atoms with Gasteiger partial charge in [-0.25, -0.2) is 0 Å². The van der Waals surface area contributed by atoms with Crippen LogP contribution >= 0.6 is 23.4 Å². The van der Waals surface area contributed by atoms with E-state index in [0.717, 1.165) is 16.1 Å². The van der Waals surface area contributed by atoms with Gasteiger partial charge >= 0.3 is 0 Å². The lowest BCUT2D eigenvalue weighted by Gasteiger charge is -2.14. The van der Waals surface area contributed by atoms with E-state index in [1.54, 1.807) is 11.8 Å². The number of benzene rings is 3. The summed E-state index contributed by atoms with van der Waals surface area (Å²) in [5, 5.41) is 6.86. The highest BCUT2D eigenvalue weighted by atomic mass is 35.5. The number of carbonyl (C=O) groups is 1. The van der Waals surface area contributed by atoms with Gasteiger partial charge in [0.15, 0.2) is 0 Å². The fraction of sp³-hybridized carbons (Fsp3) is 0.208. The van der Waals surface area contributed by atoms with E-state index in [0.29, 0.717) is 5.02 Å².